The van der Waals surface area contributed by atoms with Crippen LogP contribution in [0.15, 0.2) is 0 Å². The molecule has 1 atom stereocenters. The van der Waals surface area contributed by atoms with Crippen molar-refractivity contribution in [3.63, 3.8) is 0 Å². The Hall–Kier alpha value is 0.0700. The first-order valence-corrected chi connectivity index (χ1v) is 8.47. The van der Waals surface area contributed by atoms with Gasteiger partial charge in [0.05, 0.1) is 18.8 Å². The molecule has 0 saturated carbocycles. The summed E-state index contributed by atoms with van der Waals surface area (Å²) < 4.78 is 29.5. The summed E-state index contributed by atoms with van der Waals surface area (Å²) in [6, 6.07) is -0.802. The Labute approximate surface area is 111 Å². The molecule has 0 aliphatic carbocycles. The smallest absolute Gasteiger partial charge is 0.257 e. The molecule has 0 aliphatic rings. The van der Waals surface area contributed by atoms with Crippen molar-refractivity contribution >= 4 is 7.37 Å². The van der Waals surface area contributed by atoms with Crippen molar-refractivity contribution in [2.45, 2.75) is 59.3 Å². The second kappa shape index (κ2) is 9.05. The van der Waals surface area contributed by atoms with Crippen LogP contribution in [0.1, 0.15) is 41.0 Å². The number of hydrogen-bond acceptors (Lipinski definition) is 5. The molecule has 0 bridgehead atoms. The molecular weight excluding hydrogens is 253 g/mol. The van der Waals surface area contributed by atoms with Crippen LogP contribution in [0, 0.1) is 0 Å². The molecule has 1 unspecified atom stereocenters. The maximum absolute atomic E-state index is 12.8. The van der Waals surface area contributed by atoms with Crippen LogP contribution in [0.3, 0.4) is 0 Å². The van der Waals surface area contributed by atoms with Gasteiger partial charge in [-0.1, -0.05) is 0 Å². The molecule has 0 saturated heterocycles. The third kappa shape index (κ3) is 6.86. The van der Waals surface area contributed by atoms with Crippen LogP contribution in [0.25, 0.3) is 0 Å². The van der Waals surface area contributed by atoms with E-state index in [2.05, 4.69) is 0 Å². The van der Waals surface area contributed by atoms with Crippen LogP contribution in [0.4, 0.5) is 0 Å². The number of hydrogen-bond donors (Lipinski definition) is 1. The summed E-state index contributed by atoms with van der Waals surface area (Å²) >= 11 is 0. The van der Waals surface area contributed by atoms with Crippen molar-refractivity contribution < 1.29 is 18.6 Å². The van der Waals surface area contributed by atoms with E-state index in [1.807, 2.05) is 34.6 Å². The van der Waals surface area contributed by atoms with Gasteiger partial charge in [0.1, 0.15) is 0 Å². The lowest BCUT2D eigenvalue weighted by Crippen LogP contribution is -2.27. The standard InChI is InChI=1S/C12H28NO4P/c1-6-15-18(14,9-7-8-13)12(16-10(2)3)17-11(4)5/h10-12H,6-9,13H2,1-5H3. The molecule has 6 heteroatoms. The van der Waals surface area contributed by atoms with E-state index in [9.17, 15) is 4.57 Å². The zero-order valence-electron chi connectivity index (χ0n) is 12.2. The fourth-order valence-electron chi connectivity index (χ4n) is 1.44. The van der Waals surface area contributed by atoms with Gasteiger partial charge in [0.25, 0.3) is 7.37 Å². The van der Waals surface area contributed by atoms with Gasteiger partial charge in [0.2, 0.25) is 6.03 Å². The summed E-state index contributed by atoms with van der Waals surface area (Å²) in [6.07, 6.45) is 0.888. The van der Waals surface area contributed by atoms with Gasteiger partial charge in [-0.3, -0.25) is 4.57 Å². The van der Waals surface area contributed by atoms with Gasteiger partial charge >= 0.3 is 0 Å². The molecule has 0 spiro atoms. The Balaban J connectivity index is 4.87. The van der Waals surface area contributed by atoms with Gasteiger partial charge in [-0.15, -0.1) is 0 Å². The van der Waals surface area contributed by atoms with E-state index in [1.165, 1.54) is 0 Å². The molecule has 0 fully saturated rings. The highest BCUT2D eigenvalue weighted by Gasteiger charge is 2.36. The van der Waals surface area contributed by atoms with E-state index in [4.69, 9.17) is 19.7 Å². The first-order chi connectivity index (χ1) is 8.35. The highest BCUT2D eigenvalue weighted by atomic mass is 31.2. The highest BCUT2D eigenvalue weighted by Crippen LogP contribution is 2.53. The first-order valence-electron chi connectivity index (χ1n) is 6.60. The van der Waals surface area contributed by atoms with Crippen molar-refractivity contribution in [1.29, 1.82) is 0 Å². The Morgan fingerprint density at radius 1 is 1.11 bits per heavy atom. The third-order valence-corrected chi connectivity index (χ3v) is 4.64. The first kappa shape index (κ1) is 18.1. The molecule has 18 heavy (non-hydrogen) atoms. The van der Waals surface area contributed by atoms with E-state index in [0.29, 0.717) is 25.7 Å². The van der Waals surface area contributed by atoms with E-state index < -0.39 is 13.4 Å². The van der Waals surface area contributed by atoms with Crippen molar-refractivity contribution in [1.82, 2.24) is 0 Å². The maximum atomic E-state index is 12.8. The lowest BCUT2D eigenvalue weighted by atomic mass is 10.5. The summed E-state index contributed by atoms with van der Waals surface area (Å²) in [6.45, 7) is 10.2. The average Bonchev–Trinajstić information content (AvgIpc) is 2.24. The molecule has 0 aromatic heterocycles. The van der Waals surface area contributed by atoms with Crippen molar-refractivity contribution in [2.24, 2.45) is 5.73 Å². The molecule has 5 nitrogen and oxygen atoms in total. The monoisotopic (exact) mass is 281 g/mol. The zero-order chi connectivity index (χ0) is 14.2. The summed E-state index contributed by atoms with van der Waals surface area (Å²) in [5.74, 6) is 0. The van der Waals surface area contributed by atoms with Crippen molar-refractivity contribution in [2.75, 3.05) is 19.3 Å². The van der Waals surface area contributed by atoms with Gasteiger partial charge in [0.15, 0.2) is 0 Å². The maximum Gasteiger partial charge on any atom is 0.257 e. The molecule has 2 N–H and O–H groups in total. The molecule has 0 aromatic rings. The van der Waals surface area contributed by atoms with Crippen LogP contribution in [0.2, 0.25) is 0 Å². The molecule has 0 amide bonds. The molecule has 0 aromatic carbocycles. The van der Waals surface area contributed by atoms with Crippen LogP contribution in [-0.2, 0) is 18.6 Å². The van der Waals surface area contributed by atoms with E-state index in [-0.39, 0.29) is 12.2 Å². The van der Waals surface area contributed by atoms with Crippen LogP contribution < -0.4 is 5.73 Å². The van der Waals surface area contributed by atoms with Gasteiger partial charge in [0, 0.05) is 6.16 Å². The normalized spacial score (nSPS) is 15.6. The number of ether oxygens (including phenoxy) is 2. The Morgan fingerprint density at radius 3 is 1.94 bits per heavy atom. The predicted octanol–water partition coefficient (Wildman–Crippen LogP) is 2.78. The summed E-state index contributed by atoms with van der Waals surface area (Å²) in [4.78, 5) is 0. The fourth-order valence-corrected chi connectivity index (χ4v) is 3.82. The lowest BCUT2D eigenvalue weighted by Gasteiger charge is -2.30. The van der Waals surface area contributed by atoms with Crippen LogP contribution in [0.5, 0.6) is 0 Å². The van der Waals surface area contributed by atoms with Gasteiger partial charge < -0.3 is 19.7 Å². The van der Waals surface area contributed by atoms with Crippen molar-refractivity contribution in [3.8, 4) is 0 Å². The zero-order valence-corrected chi connectivity index (χ0v) is 13.1. The molecular formula is C12H28NO4P. The van der Waals surface area contributed by atoms with Gasteiger partial charge in [-0.25, -0.2) is 0 Å². The SMILES string of the molecule is CCOP(=O)(CCCN)C(OC(C)C)OC(C)C. The van der Waals surface area contributed by atoms with Crippen LogP contribution in [-0.4, -0.2) is 37.6 Å². The molecule has 0 radical (unpaired) electrons. The quantitative estimate of drug-likeness (QED) is 0.492. The van der Waals surface area contributed by atoms with E-state index in [1.54, 1.807) is 0 Å². The fraction of sp³-hybridized carbons (Fsp3) is 1.00. The minimum absolute atomic E-state index is 0.0691. The molecule has 0 aliphatic heterocycles. The highest BCUT2D eigenvalue weighted by molar-refractivity contribution is 7.59. The predicted molar refractivity (Wildman–Crippen MR) is 74.0 cm³/mol. The Kier molecular flexibility index (Phi) is 9.09. The summed E-state index contributed by atoms with van der Waals surface area (Å²) in [7, 11) is -2.98. The average molecular weight is 281 g/mol. The largest absolute Gasteiger partial charge is 0.342 e. The second-order valence-corrected chi connectivity index (χ2v) is 7.27. The van der Waals surface area contributed by atoms with Crippen LogP contribution >= 0.6 is 7.37 Å². The molecule has 110 valence electrons. The Morgan fingerprint density at radius 2 is 1.61 bits per heavy atom. The van der Waals surface area contributed by atoms with Gasteiger partial charge in [-0.2, -0.15) is 0 Å². The molecule has 0 heterocycles. The van der Waals surface area contributed by atoms with Gasteiger partial charge in [-0.05, 0) is 47.6 Å². The summed E-state index contributed by atoms with van der Waals surface area (Å²) in [5.41, 5.74) is 5.48. The Bertz CT molecular complexity index is 248. The van der Waals surface area contributed by atoms with Crippen molar-refractivity contribution in [3.05, 3.63) is 0 Å². The van der Waals surface area contributed by atoms with E-state index >= 15 is 0 Å². The minimum Gasteiger partial charge on any atom is -0.342 e. The number of nitrogens with two attached hydrogens (primary N) is 1. The second-order valence-electron chi connectivity index (χ2n) is 4.69. The molecule has 0 rings (SSSR count). The summed E-state index contributed by atoms with van der Waals surface area (Å²) in [5, 5.41) is 0. The number of rotatable bonds is 10. The topological polar surface area (TPSA) is 70.8 Å². The lowest BCUT2D eigenvalue weighted by molar-refractivity contribution is -0.138. The van der Waals surface area contributed by atoms with E-state index in [0.717, 1.165) is 0 Å². The minimum atomic E-state index is -2.98. The third-order valence-electron chi connectivity index (χ3n) is 2.12.